The molecule has 4 N–H and O–H groups in total. The first-order valence-corrected chi connectivity index (χ1v) is 5.95. The summed E-state index contributed by atoms with van der Waals surface area (Å²) >= 11 is 4.88. The van der Waals surface area contributed by atoms with Crippen molar-refractivity contribution in [3.05, 3.63) is 34.6 Å². The van der Waals surface area contributed by atoms with Crippen molar-refractivity contribution in [1.82, 2.24) is 15.2 Å². The topological polar surface area (TPSA) is 91.4 Å². The van der Waals surface area contributed by atoms with Gasteiger partial charge in [0.1, 0.15) is 12.2 Å². The van der Waals surface area contributed by atoms with E-state index in [0.29, 0.717) is 5.56 Å². The highest BCUT2D eigenvalue weighted by Crippen LogP contribution is 2.31. The Morgan fingerprint density at radius 2 is 2.31 bits per heavy atom. The highest BCUT2D eigenvalue weighted by molar-refractivity contribution is 9.10. The quantitative estimate of drug-likeness (QED) is 0.597. The summed E-state index contributed by atoms with van der Waals surface area (Å²) in [5.41, 5.74) is 6.08. The Balaban J connectivity index is 2.26. The van der Waals surface area contributed by atoms with Crippen LogP contribution in [0.25, 0.3) is 0 Å². The lowest BCUT2D eigenvalue weighted by Gasteiger charge is -2.04. The molecule has 0 radical (unpaired) electrons. The maximum Gasteiger partial charge on any atom is 0.188 e. The molecule has 0 unspecified atom stereocenters. The van der Waals surface area contributed by atoms with Crippen LogP contribution >= 0.6 is 27.7 Å². The predicted octanol–water partition coefficient (Wildman–Crippen LogP) is 2.00. The number of amidine groups is 1. The molecule has 0 bridgehead atoms. The Morgan fingerprint density at radius 1 is 1.50 bits per heavy atom. The molecule has 0 saturated heterocycles. The summed E-state index contributed by atoms with van der Waals surface area (Å²) in [4.78, 5) is 5.01. The van der Waals surface area contributed by atoms with Gasteiger partial charge in [-0.15, -0.1) is 0 Å². The first kappa shape index (κ1) is 11.2. The lowest BCUT2D eigenvalue weighted by Crippen LogP contribution is -2.10. The number of nitrogen functional groups attached to an aromatic ring is 1. The third kappa shape index (κ3) is 2.42. The van der Waals surface area contributed by atoms with Crippen molar-refractivity contribution in [3.8, 4) is 0 Å². The molecule has 2 rings (SSSR count). The van der Waals surface area contributed by atoms with Gasteiger partial charge < -0.3 is 5.73 Å². The molecule has 0 aliphatic carbocycles. The smallest absolute Gasteiger partial charge is 0.188 e. The van der Waals surface area contributed by atoms with Crippen LogP contribution in [0.15, 0.2) is 39.1 Å². The number of aromatic nitrogens is 3. The van der Waals surface area contributed by atoms with E-state index in [1.807, 2.05) is 6.07 Å². The van der Waals surface area contributed by atoms with Crippen molar-refractivity contribution < 1.29 is 0 Å². The van der Waals surface area contributed by atoms with Gasteiger partial charge >= 0.3 is 0 Å². The minimum Gasteiger partial charge on any atom is -0.384 e. The fourth-order valence-corrected chi connectivity index (χ4v) is 2.42. The number of aromatic amines is 1. The van der Waals surface area contributed by atoms with Crippen molar-refractivity contribution in [2.24, 2.45) is 5.73 Å². The van der Waals surface area contributed by atoms with Crippen LogP contribution in [-0.4, -0.2) is 21.0 Å². The molecule has 1 aromatic heterocycles. The van der Waals surface area contributed by atoms with Gasteiger partial charge in [0.05, 0.1) is 0 Å². The molecule has 0 saturated carbocycles. The van der Waals surface area contributed by atoms with Crippen molar-refractivity contribution >= 4 is 33.5 Å². The lowest BCUT2D eigenvalue weighted by atomic mass is 10.2. The molecule has 16 heavy (non-hydrogen) atoms. The Kier molecular flexibility index (Phi) is 3.25. The lowest BCUT2D eigenvalue weighted by molar-refractivity contribution is 0.973. The van der Waals surface area contributed by atoms with Crippen molar-refractivity contribution in [3.63, 3.8) is 0 Å². The molecule has 1 heterocycles. The van der Waals surface area contributed by atoms with Crippen LogP contribution in [0.2, 0.25) is 0 Å². The van der Waals surface area contributed by atoms with Crippen LogP contribution in [0.1, 0.15) is 5.56 Å². The minimum absolute atomic E-state index is 0.0527. The van der Waals surface area contributed by atoms with Crippen LogP contribution in [0.4, 0.5) is 0 Å². The first-order chi connectivity index (χ1) is 7.66. The van der Waals surface area contributed by atoms with Crippen LogP contribution in [0, 0.1) is 5.41 Å². The number of nitrogens with zero attached hydrogens (tertiary/aromatic N) is 2. The van der Waals surface area contributed by atoms with Gasteiger partial charge in [-0.05, 0) is 39.8 Å². The van der Waals surface area contributed by atoms with E-state index in [9.17, 15) is 0 Å². The normalized spacial score (nSPS) is 10.3. The molecule has 7 heteroatoms. The molecule has 0 spiro atoms. The van der Waals surface area contributed by atoms with E-state index >= 15 is 0 Å². The second-order valence-corrected chi connectivity index (χ2v) is 4.84. The van der Waals surface area contributed by atoms with E-state index in [-0.39, 0.29) is 5.84 Å². The molecule has 0 atom stereocenters. The molecular weight excluding hydrogens is 290 g/mol. The third-order valence-electron chi connectivity index (χ3n) is 1.84. The Morgan fingerprint density at radius 3 is 2.88 bits per heavy atom. The largest absolute Gasteiger partial charge is 0.384 e. The maximum absolute atomic E-state index is 7.32. The summed E-state index contributed by atoms with van der Waals surface area (Å²) in [7, 11) is 0. The fourth-order valence-electron chi connectivity index (χ4n) is 1.10. The van der Waals surface area contributed by atoms with Crippen LogP contribution in [0.3, 0.4) is 0 Å². The molecule has 0 fully saturated rings. The van der Waals surface area contributed by atoms with E-state index < -0.39 is 0 Å². The monoisotopic (exact) mass is 297 g/mol. The van der Waals surface area contributed by atoms with E-state index in [4.69, 9.17) is 11.1 Å². The summed E-state index contributed by atoms with van der Waals surface area (Å²) in [6, 6.07) is 5.49. The first-order valence-electron chi connectivity index (χ1n) is 4.34. The van der Waals surface area contributed by atoms with Crippen molar-refractivity contribution in [1.29, 1.82) is 5.41 Å². The third-order valence-corrected chi connectivity index (χ3v) is 3.73. The van der Waals surface area contributed by atoms with Crippen molar-refractivity contribution in [2.75, 3.05) is 0 Å². The molecule has 2 aromatic rings. The Hall–Kier alpha value is -1.34. The van der Waals surface area contributed by atoms with Gasteiger partial charge in [0.2, 0.25) is 0 Å². The van der Waals surface area contributed by atoms with E-state index in [2.05, 4.69) is 31.1 Å². The molecule has 0 aliphatic rings. The van der Waals surface area contributed by atoms with Gasteiger partial charge in [-0.2, -0.15) is 5.10 Å². The van der Waals surface area contributed by atoms with Crippen LogP contribution < -0.4 is 5.73 Å². The van der Waals surface area contributed by atoms with Gasteiger partial charge in [-0.25, -0.2) is 4.98 Å². The zero-order valence-corrected chi connectivity index (χ0v) is 10.5. The maximum atomic E-state index is 7.32. The highest BCUT2D eigenvalue weighted by atomic mass is 79.9. The zero-order chi connectivity index (χ0) is 11.5. The molecule has 1 aromatic carbocycles. The highest BCUT2D eigenvalue weighted by Gasteiger charge is 2.06. The summed E-state index contributed by atoms with van der Waals surface area (Å²) in [6.07, 6.45) is 1.46. The van der Waals surface area contributed by atoms with Crippen LogP contribution in [-0.2, 0) is 0 Å². The zero-order valence-electron chi connectivity index (χ0n) is 8.07. The van der Waals surface area contributed by atoms with Gasteiger partial charge in [0, 0.05) is 14.9 Å². The van der Waals surface area contributed by atoms with Gasteiger partial charge in [0.15, 0.2) is 5.16 Å². The Labute approximate surface area is 104 Å². The summed E-state index contributed by atoms with van der Waals surface area (Å²) < 4.78 is 0.876. The second kappa shape index (κ2) is 4.67. The molecule has 82 valence electrons. The number of nitrogens with one attached hydrogen (secondary N) is 2. The molecule has 0 aliphatic heterocycles. The fraction of sp³-hybridized carbons (Fsp3) is 0. The van der Waals surface area contributed by atoms with E-state index in [1.165, 1.54) is 18.1 Å². The van der Waals surface area contributed by atoms with Crippen molar-refractivity contribution in [2.45, 2.75) is 10.1 Å². The second-order valence-electron chi connectivity index (χ2n) is 2.95. The average Bonchev–Trinajstić information content (AvgIpc) is 2.73. The Bertz CT molecular complexity index is 511. The minimum atomic E-state index is 0.0527. The number of hydrogen-bond acceptors (Lipinski definition) is 4. The van der Waals surface area contributed by atoms with E-state index in [0.717, 1.165) is 14.5 Å². The average molecular weight is 298 g/mol. The number of H-pyrrole nitrogens is 1. The predicted molar refractivity (Wildman–Crippen MR) is 65.7 cm³/mol. The van der Waals surface area contributed by atoms with Gasteiger partial charge in [-0.3, -0.25) is 10.5 Å². The summed E-state index contributed by atoms with van der Waals surface area (Å²) in [5.74, 6) is 0.0527. The standard InChI is InChI=1S/C9H8BrN5S/c10-6-3-5(8(11)12)1-2-7(6)16-9-13-4-14-15-9/h1-4H,(H3,11,12)(H,13,14,15). The number of benzene rings is 1. The number of halogens is 1. The number of rotatable bonds is 3. The molecule has 5 nitrogen and oxygen atoms in total. The number of nitrogens with two attached hydrogens (primary N) is 1. The summed E-state index contributed by atoms with van der Waals surface area (Å²) in [6.45, 7) is 0. The number of hydrogen-bond donors (Lipinski definition) is 3. The SMILES string of the molecule is N=C(N)c1ccc(Sc2ncn[nH]2)c(Br)c1. The van der Waals surface area contributed by atoms with E-state index in [1.54, 1.807) is 12.1 Å². The van der Waals surface area contributed by atoms with Gasteiger partial charge in [0.25, 0.3) is 0 Å². The van der Waals surface area contributed by atoms with Crippen LogP contribution in [0.5, 0.6) is 0 Å². The molecular formula is C9H8BrN5S. The van der Waals surface area contributed by atoms with Gasteiger partial charge in [-0.1, -0.05) is 6.07 Å². The summed E-state index contributed by atoms with van der Waals surface area (Å²) in [5, 5.41) is 14.6. The molecule has 0 amide bonds.